The number of H-pyrrole nitrogens is 1. The SMILES string of the molecule is C[C@H]1[C@H](C)CCC[C@H]1NC(=O)CCCn1c(=S)[nH]c2ccccc2c1=O. The van der Waals surface area contributed by atoms with Crippen molar-refractivity contribution in [2.24, 2.45) is 11.8 Å². The lowest BCUT2D eigenvalue weighted by atomic mass is 9.78. The number of carbonyl (C=O) groups excluding carboxylic acids is 1. The lowest BCUT2D eigenvalue weighted by Gasteiger charge is -2.34. The summed E-state index contributed by atoms with van der Waals surface area (Å²) in [4.78, 5) is 28.0. The van der Waals surface area contributed by atoms with E-state index in [1.54, 1.807) is 10.6 Å². The maximum atomic E-state index is 12.6. The number of carbonyl (C=O) groups is 1. The van der Waals surface area contributed by atoms with E-state index in [9.17, 15) is 9.59 Å². The summed E-state index contributed by atoms with van der Waals surface area (Å²) in [6.07, 6.45) is 4.49. The second kappa shape index (κ2) is 8.16. The first-order valence-corrected chi connectivity index (χ1v) is 9.89. The average molecular weight is 374 g/mol. The Morgan fingerprint density at radius 1 is 1.31 bits per heavy atom. The highest BCUT2D eigenvalue weighted by molar-refractivity contribution is 7.71. The minimum atomic E-state index is -0.0977. The van der Waals surface area contributed by atoms with Crippen LogP contribution in [-0.4, -0.2) is 21.5 Å². The van der Waals surface area contributed by atoms with Crippen molar-refractivity contribution in [3.05, 3.63) is 39.4 Å². The summed E-state index contributed by atoms with van der Waals surface area (Å²) in [7, 11) is 0. The van der Waals surface area contributed by atoms with Gasteiger partial charge in [0.15, 0.2) is 4.77 Å². The van der Waals surface area contributed by atoms with Gasteiger partial charge in [0, 0.05) is 19.0 Å². The Morgan fingerprint density at radius 2 is 2.08 bits per heavy atom. The molecule has 1 saturated carbocycles. The summed E-state index contributed by atoms with van der Waals surface area (Å²) in [5, 5.41) is 3.80. The van der Waals surface area contributed by atoms with Crippen LogP contribution in [0.25, 0.3) is 10.9 Å². The number of aromatic nitrogens is 2. The van der Waals surface area contributed by atoms with E-state index in [4.69, 9.17) is 12.2 Å². The molecule has 1 amide bonds. The van der Waals surface area contributed by atoms with Gasteiger partial charge in [-0.15, -0.1) is 0 Å². The second-order valence-electron chi connectivity index (χ2n) is 7.48. The van der Waals surface area contributed by atoms with Gasteiger partial charge in [-0.2, -0.15) is 0 Å². The molecule has 2 aromatic rings. The van der Waals surface area contributed by atoms with E-state index in [0.717, 1.165) is 11.9 Å². The number of amides is 1. The van der Waals surface area contributed by atoms with Gasteiger partial charge in [0.1, 0.15) is 0 Å². The van der Waals surface area contributed by atoms with Crippen LogP contribution < -0.4 is 10.9 Å². The number of benzene rings is 1. The Kier molecular flexibility index (Phi) is 5.91. The average Bonchev–Trinajstić information content (AvgIpc) is 2.62. The lowest BCUT2D eigenvalue weighted by Crippen LogP contribution is -2.43. The molecule has 0 saturated heterocycles. The normalized spacial score (nSPS) is 23.1. The molecule has 5 nitrogen and oxygen atoms in total. The van der Waals surface area contributed by atoms with Gasteiger partial charge in [-0.05, 0) is 49.0 Å². The van der Waals surface area contributed by atoms with Crippen molar-refractivity contribution in [3.8, 4) is 0 Å². The molecule has 1 fully saturated rings. The third kappa shape index (κ3) is 4.06. The largest absolute Gasteiger partial charge is 0.353 e. The minimum absolute atomic E-state index is 0.0692. The summed E-state index contributed by atoms with van der Waals surface area (Å²) in [6.45, 7) is 4.93. The predicted molar refractivity (Wildman–Crippen MR) is 107 cm³/mol. The van der Waals surface area contributed by atoms with Crippen LogP contribution in [0.15, 0.2) is 29.1 Å². The molecule has 1 heterocycles. The first-order chi connectivity index (χ1) is 12.5. The fraction of sp³-hybridized carbons (Fsp3) is 0.550. The number of nitrogens with one attached hydrogen (secondary N) is 2. The zero-order valence-corrected chi connectivity index (χ0v) is 16.3. The van der Waals surface area contributed by atoms with Crippen LogP contribution >= 0.6 is 12.2 Å². The standard InChI is InChI=1S/C20H27N3O2S/c1-13-7-5-10-16(14(13)2)21-18(24)11-6-12-23-19(25)15-8-3-4-9-17(15)22-20(23)26/h3-4,8-9,13-14,16H,5-7,10-12H2,1-2H3,(H,21,24)(H,22,26)/t13-,14+,16-/m1/s1. The van der Waals surface area contributed by atoms with Gasteiger partial charge in [-0.25, -0.2) is 0 Å². The molecule has 0 unspecified atom stereocenters. The number of aromatic amines is 1. The number of nitrogens with zero attached hydrogens (tertiary/aromatic N) is 1. The predicted octanol–water partition coefficient (Wildman–Crippen LogP) is 3.78. The number of fused-ring (bicyclic) bond motifs is 1. The molecule has 2 N–H and O–H groups in total. The Labute approximate surface area is 158 Å². The van der Waals surface area contributed by atoms with Crippen molar-refractivity contribution < 1.29 is 4.79 Å². The summed E-state index contributed by atoms with van der Waals surface area (Å²) in [5.41, 5.74) is 0.649. The topological polar surface area (TPSA) is 66.9 Å². The smallest absolute Gasteiger partial charge is 0.262 e. The molecule has 1 aliphatic carbocycles. The summed E-state index contributed by atoms with van der Waals surface area (Å²) in [5.74, 6) is 1.24. The molecule has 140 valence electrons. The van der Waals surface area contributed by atoms with E-state index in [1.165, 1.54) is 12.8 Å². The van der Waals surface area contributed by atoms with Crippen LogP contribution in [0, 0.1) is 16.6 Å². The van der Waals surface area contributed by atoms with Crippen LogP contribution in [0.3, 0.4) is 0 Å². The van der Waals surface area contributed by atoms with Crippen LogP contribution in [-0.2, 0) is 11.3 Å². The minimum Gasteiger partial charge on any atom is -0.353 e. The summed E-state index contributed by atoms with van der Waals surface area (Å²) >= 11 is 5.31. The second-order valence-corrected chi connectivity index (χ2v) is 7.86. The van der Waals surface area contributed by atoms with Gasteiger partial charge in [0.05, 0.1) is 10.9 Å². The van der Waals surface area contributed by atoms with E-state index in [1.807, 2.05) is 18.2 Å². The Balaban J connectivity index is 1.60. The van der Waals surface area contributed by atoms with Crippen molar-refractivity contribution in [1.82, 2.24) is 14.9 Å². The Morgan fingerprint density at radius 3 is 2.88 bits per heavy atom. The van der Waals surface area contributed by atoms with Gasteiger partial charge >= 0.3 is 0 Å². The molecule has 0 spiro atoms. The third-order valence-corrected chi connectivity index (χ3v) is 6.05. The van der Waals surface area contributed by atoms with Gasteiger partial charge in [0.2, 0.25) is 5.91 Å². The first-order valence-electron chi connectivity index (χ1n) is 9.48. The van der Waals surface area contributed by atoms with Gasteiger partial charge < -0.3 is 10.3 Å². The molecule has 0 bridgehead atoms. The van der Waals surface area contributed by atoms with E-state index >= 15 is 0 Å². The van der Waals surface area contributed by atoms with E-state index in [2.05, 4.69) is 24.1 Å². The molecule has 0 radical (unpaired) electrons. The number of hydrogen-bond acceptors (Lipinski definition) is 3. The molecule has 26 heavy (non-hydrogen) atoms. The van der Waals surface area contributed by atoms with Crippen molar-refractivity contribution in [2.45, 2.75) is 58.5 Å². The summed E-state index contributed by atoms with van der Waals surface area (Å²) in [6, 6.07) is 7.62. The maximum absolute atomic E-state index is 12.6. The molecule has 1 aromatic heterocycles. The van der Waals surface area contributed by atoms with Gasteiger partial charge in [-0.3, -0.25) is 14.2 Å². The fourth-order valence-electron chi connectivity index (χ4n) is 3.86. The lowest BCUT2D eigenvalue weighted by molar-refractivity contribution is -0.122. The molecule has 1 aromatic carbocycles. The first kappa shape index (κ1) is 18.8. The van der Waals surface area contributed by atoms with Crippen LogP contribution in [0.4, 0.5) is 0 Å². The maximum Gasteiger partial charge on any atom is 0.262 e. The van der Waals surface area contributed by atoms with E-state index in [-0.39, 0.29) is 17.5 Å². The third-order valence-electron chi connectivity index (χ3n) is 5.73. The number of para-hydroxylation sites is 1. The zero-order valence-electron chi connectivity index (χ0n) is 15.5. The Hall–Kier alpha value is -1.95. The van der Waals surface area contributed by atoms with Gasteiger partial charge in [-0.1, -0.05) is 38.8 Å². The highest BCUT2D eigenvalue weighted by atomic mass is 32.1. The number of rotatable bonds is 5. The fourth-order valence-corrected chi connectivity index (χ4v) is 4.15. The molecule has 3 rings (SSSR count). The van der Waals surface area contributed by atoms with E-state index < -0.39 is 0 Å². The molecule has 1 aliphatic rings. The van der Waals surface area contributed by atoms with E-state index in [0.29, 0.717) is 41.4 Å². The van der Waals surface area contributed by atoms with Crippen molar-refractivity contribution in [3.63, 3.8) is 0 Å². The van der Waals surface area contributed by atoms with Gasteiger partial charge in [0.25, 0.3) is 5.56 Å². The molecular formula is C20H27N3O2S. The van der Waals surface area contributed by atoms with Crippen molar-refractivity contribution >= 4 is 29.0 Å². The van der Waals surface area contributed by atoms with Crippen molar-refractivity contribution in [1.29, 1.82) is 0 Å². The Bertz CT molecular complexity index is 902. The van der Waals surface area contributed by atoms with Crippen molar-refractivity contribution in [2.75, 3.05) is 0 Å². The molecule has 6 heteroatoms. The molecule has 3 atom stereocenters. The zero-order chi connectivity index (χ0) is 18.7. The monoisotopic (exact) mass is 373 g/mol. The quantitative estimate of drug-likeness (QED) is 0.784. The van der Waals surface area contributed by atoms with Crippen LogP contribution in [0.2, 0.25) is 0 Å². The molecule has 0 aliphatic heterocycles. The number of hydrogen-bond donors (Lipinski definition) is 2. The highest BCUT2D eigenvalue weighted by Gasteiger charge is 2.27. The van der Waals surface area contributed by atoms with Crippen LogP contribution in [0.1, 0.15) is 46.0 Å². The molecular weight excluding hydrogens is 346 g/mol. The highest BCUT2D eigenvalue weighted by Crippen LogP contribution is 2.29. The van der Waals surface area contributed by atoms with Crippen LogP contribution in [0.5, 0.6) is 0 Å². The summed E-state index contributed by atoms with van der Waals surface area (Å²) < 4.78 is 1.96.